The third-order valence-electron chi connectivity index (χ3n) is 3.91. The van der Waals surface area contributed by atoms with Gasteiger partial charge in [-0.1, -0.05) is 0 Å². The summed E-state index contributed by atoms with van der Waals surface area (Å²) in [6.45, 7) is 1.73. The van der Waals surface area contributed by atoms with Gasteiger partial charge in [-0.2, -0.15) is 0 Å². The average Bonchev–Trinajstić information content (AvgIpc) is 3.13. The van der Waals surface area contributed by atoms with Crippen molar-refractivity contribution in [3.05, 3.63) is 30.7 Å². The summed E-state index contributed by atoms with van der Waals surface area (Å²) >= 11 is 0. The Morgan fingerprint density at radius 3 is 2.83 bits per heavy atom. The summed E-state index contributed by atoms with van der Waals surface area (Å²) < 4.78 is 16.4. The maximum Gasteiger partial charge on any atom is 0.216 e. The number of methoxy groups -OCH3 is 2. The van der Waals surface area contributed by atoms with E-state index in [0.29, 0.717) is 24.3 Å². The Bertz CT molecular complexity index is 657. The highest BCUT2D eigenvalue weighted by Crippen LogP contribution is 2.32. The third-order valence-corrected chi connectivity index (χ3v) is 3.91. The number of pyridine rings is 2. The number of nitrogens with zero attached hydrogens (tertiary/aromatic N) is 2. The zero-order valence-electron chi connectivity index (χ0n) is 13.4. The van der Waals surface area contributed by atoms with Crippen LogP contribution in [0.2, 0.25) is 0 Å². The van der Waals surface area contributed by atoms with Gasteiger partial charge in [-0.25, -0.2) is 4.98 Å². The van der Waals surface area contributed by atoms with E-state index in [4.69, 9.17) is 14.2 Å². The molecule has 1 saturated heterocycles. The quantitative estimate of drug-likeness (QED) is 0.882. The predicted molar refractivity (Wildman–Crippen MR) is 87.1 cm³/mol. The fraction of sp³-hybridized carbons (Fsp3) is 0.412. The SMILES string of the molecule is COc1cc(OC)c(-c2cncc(OC[C@@H]3CCCN3)c2)cn1. The minimum atomic E-state index is 0.427. The first-order valence-electron chi connectivity index (χ1n) is 7.70. The summed E-state index contributed by atoms with van der Waals surface area (Å²) in [6, 6.07) is 4.13. The minimum absolute atomic E-state index is 0.427. The summed E-state index contributed by atoms with van der Waals surface area (Å²) in [5.41, 5.74) is 1.75. The van der Waals surface area contributed by atoms with Gasteiger partial charge in [0.1, 0.15) is 18.1 Å². The molecule has 6 nitrogen and oxygen atoms in total. The van der Waals surface area contributed by atoms with E-state index >= 15 is 0 Å². The van der Waals surface area contributed by atoms with Gasteiger partial charge >= 0.3 is 0 Å². The fourth-order valence-electron chi connectivity index (χ4n) is 2.66. The second-order valence-electron chi connectivity index (χ2n) is 5.44. The monoisotopic (exact) mass is 315 g/mol. The van der Waals surface area contributed by atoms with Crippen molar-refractivity contribution in [1.82, 2.24) is 15.3 Å². The molecule has 1 fully saturated rings. The normalized spacial score (nSPS) is 17.0. The molecule has 122 valence electrons. The fourth-order valence-corrected chi connectivity index (χ4v) is 2.66. The summed E-state index contributed by atoms with van der Waals surface area (Å²) in [5.74, 6) is 1.95. The van der Waals surface area contributed by atoms with Crippen LogP contribution in [-0.4, -0.2) is 43.4 Å². The molecule has 0 unspecified atom stereocenters. The van der Waals surface area contributed by atoms with Gasteiger partial charge in [0, 0.05) is 35.6 Å². The Kier molecular flexibility index (Phi) is 4.92. The molecule has 0 radical (unpaired) electrons. The highest BCUT2D eigenvalue weighted by molar-refractivity contribution is 5.70. The smallest absolute Gasteiger partial charge is 0.216 e. The van der Waals surface area contributed by atoms with Crippen LogP contribution < -0.4 is 19.5 Å². The number of aromatic nitrogens is 2. The second-order valence-corrected chi connectivity index (χ2v) is 5.44. The molecule has 0 bridgehead atoms. The molecule has 6 heteroatoms. The molecule has 23 heavy (non-hydrogen) atoms. The lowest BCUT2D eigenvalue weighted by Gasteiger charge is -2.13. The molecular formula is C17H21N3O3. The van der Waals surface area contributed by atoms with Crippen molar-refractivity contribution in [2.24, 2.45) is 0 Å². The summed E-state index contributed by atoms with van der Waals surface area (Å²) in [5, 5.41) is 3.41. The summed E-state index contributed by atoms with van der Waals surface area (Å²) in [7, 11) is 3.20. The van der Waals surface area contributed by atoms with E-state index in [2.05, 4.69) is 15.3 Å². The van der Waals surface area contributed by atoms with Gasteiger partial charge in [-0.15, -0.1) is 0 Å². The Labute approximate surface area is 135 Å². The third kappa shape index (κ3) is 3.71. The molecule has 1 N–H and O–H groups in total. The molecule has 3 rings (SSSR count). The largest absolute Gasteiger partial charge is 0.496 e. The first-order valence-corrected chi connectivity index (χ1v) is 7.70. The maximum atomic E-state index is 5.86. The van der Waals surface area contributed by atoms with Gasteiger partial charge in [0.15, 0.2) is 0 Å². The lowest BCUT2D eigenvalue weighted by Crippen LogP contribution is -2.28. The minimum Gasteiger partial charge on any atom is -0.496 e. The van der Waals surface area contributed by atoms with Crippen molar-refractivity contribution in [2.45, 2.75) is 18.9 Å². The van der Waals surface area contributed by atoms with Gasteiger partial charge in [0.2, 0.25) is 5.88 Å². The van der Waals surface area contributed by atoms with Crippen LogP contribution in [0, 0.1) is 0 Å². The molecule has 0 aliphatic carbocycles. The van der Waals surface area contributed by atoms with Crippen LogP contribution in [0.5, 0.6) is 17.4 Å². The predicted octanol–water partition coefficient (Wildman–Crippen LogP) is 2.29. The van der Waals surface area contributed by atoms with E-state index in [1.165, 1.54) is 6.42 Å². The van der Waals surface area contributed by atoms with E-state index in [-0.39, 0.29) is 0 Å². The summed E-state index contributed by atoms with van der Waals surface area (Å²) in [4.78, 5) is 8.50. The lowest BCUT2D eigenvalue weighted by atomic mass is 10.1. The van der Waals surface area contributed by atoms with Crippen LogP contribution in [0.15, 0.2) is 30.7 Å². The Balaban J connectivity index is 1.78. The highest BCUT2D eigenvalue weighted by atomic mass is 16.5. The van der Waals surface area contributed by atoms with Crippen LogP contribution in [0.25, 0.3) is 11.1 Å². The second kappa shape index (κ2) is 7.28. The number of rotatable bonds is 6. The van der Waals surface area contributed by atoms with Gasteiger partial charge in [0.25, 0.3) is 0 Å². The van der Waals surface area contributed by atoms with Crippen molar-refractivity contribution in [3.8, 4) is 28.5 Å². The Morgan fingerprint density at radius 2 is 2.09 bits per heavy atom. The van der Waals surface area contributed by atoms with Crippen molar-refractivity contribution in [2.75, 3.05) is 27.4 Å². The van der Waals surface area contributed by atoms with Crippen LogP contribution in [0.3, 0.4) is 0 Å². The van der Waals surface area contributed by atoms with Crippen LogP contribution in [0.4, 0.5) is 0 Å². The average molecular weight is 315 g/mol. The molecule has 0 saturated carbocycles. The van der Waals surface area contributed by atoms with Gasteiger partial charge in [0.05, 0.1) is 20.4 Å². The Morgan fingerprint density at radius 1 is 1.17 bits per heavy atom. The van der Waals surface area contributed by atoms with Crippen molar-refractivity contribution in [1.29, 1.82) is 0 Å². The molecule has 3 heterocycles. The molecule has 0 aromatic carbocycles. The molecule has 0 spiro atoms. The highest BCUT2D eigenvalue weighted by Gasteiger charge is 2.15. The number of hydrogen-bond donors (Lipinski definition) is 1. The van der Waals surface area contributed by atoms with E-state index in [1.807, 2.05) is 6.07 Å². The molecule has 1 aliphatic heterocycles. The molecule has 1 atom stereocenters. The molecular weight excluding hydrogens is 294 g/mol. The van der Waals surface area contributed by atoms with E-state index in [0.717, 1.165) is 29.8 Å². The van der Waals surface area contributed by atoms with Gasteiger partial charge in [-0.3, -0.25) is 4.98 Å². The van der Waals surface area contributed by atoms with Crippen molar-refractivity contribution < 1.29 is 14.2 Å². The Hall–Kier alpha value is -2.34. The van der Waals surface area contributed by atoms with Crippen LogP contribution in [-0.2, 0) is 0 Å². The topological polar surface area (TPSA) is 65.5 Å². The molecule has 0 amide bonds. The standard InChI is InChI=1S/C17H21N3O3/c1-21-16-7-17(22-2)20-10-15(16)12-6-14(9-18-8-12)23-11-13-4-3-5-19-13/h6-10,13,19H,3-5,11H2,1-2H3/t13-/m0/s1. The zero-order valence-corrected chi connectivity index (χ0v) is 13.4. The maximum absolute atomic E-state index is 5.86. The molecule has 1 aliphatic rings. The van der Waals surface area contributed by atoms with E-state index in [1.54, 1.807) is 38.9 Å². The van der Waals surface area contributed by atoms with E-state index in [9.17, 15) is 0 Å². The van der Waals surface area contributed by atoms with Crippen molar-refractivity contribution in [3.63, 3.8) is 0 Å². The summed E-state index contributed by atoms with van der Waals surface area (Å²) in [6.07, 6.45) is 7.58. The first-order chi connectivity index (χ1) is 11.3. The molecule has 2 aromatic heterocycles. The number of ether oxygens (including phenoxy) is 3. The molecule has 2 aromatic rings. The van der Waals surface area contributed by atoms with Gasteiger partial charge < -0.3 is 19.5 Å². The van der Waals surface area contributed by atoms with Crippen molar-refractivity contribution >= 4 is 0 Å². The van der Waals surface area contributed by atoms with Crippen LogP contribution in [0.1, 0.15) is 12.8 Å². The number of nitrogens with one attached hydrogen (secondary N) is 1. The number of hydrogen-bond acceptors (Lipinski definition) is 6. The zero-order chi connectivity index (χ0) is 16.1. The first kappa shape index (κ1) is 15.6. The van der Waals surface area contributed by atoms with Gasteiger partial charge in [-0.05, 0) is 25.5 Å². The van der Waals surface area contributed by atoms with E-state index < -0.39 is 0 Å². The lowest BCUT2D eigenvalue weighted by molar-refractivity contribution is 0.276. The van der Waals surface area contributed by atoms with Crippen LogP contribution >= 0.6 is 0 Å².